The molecule has 0 aromatic carbocycles. The van der Waals surface area contributed by atoms with Crippen LogP contribution in [-0.4, -0.2) is 26.7 Å². The summed E-state index contributed by atoms with van der Waals surface area (Å²) in [5.41, 5.74) is 62.8. The summed E-state index contributed by atoms with van der Waals surface area (Å²) in [6, 6.07) is 0. The topological polar surface area (TPSA) is 209 Å². The second-order valence-electron chi connectivity index (χ2n) is 7.73. The van der Waals surface area contributed by atoms with E-state index in [2.05, 4.69) is 86.8 Å². The fourth-order valence-corrected chi connectivity index (χ4v) is 2.04. The Morgan fingerprint density at radius 1 is 0.289 bits per heavy atom. The van der Waals surface area contributed by atoms with Gasteiger partial charge in [-0.3, -0.25) is 0 Å². The Kier molecular flexibility index (Phi) is 23.1. The second kappa shape index (κ2) is 23.0. The Labute approximate surface area is 247 Å². The molecule has 0 aliphatic carbocycles. The fourth-order valence-electron chi connectivity index (χ4n) is 2.04. The summed E-state index contributed by atoms with van der Waals surface area (Å²) >= 11 is 0. The third-order valence-electron chi connectivity index (χ3n) is 4.79. The third-order valence-corrected chi connectivity index (χ3v) is 4.79. The van der Waals surface area contributed by atoms with Crippen LogP contribution in [0.4, 0.5) is 0 Å². The van der Waals surface area contributed by atoms with Crippen molar-refractivity contribution in [3.63, 3.8) is 0 Å². The van der Waals surface area contributed by atoms with Crippen LogP contribution in [0.5, 0.6) is 0 Å². The molecular formula is C20H40N16Ni2-8. The Balaban J connectivity index is 0. The van der Waals surface area contributed by atoms with E-state index in [1.807, 2.05) is 55.4 Å². The molecule has 0 radical (unpaired) electrons. The van der Waals surface area contributed by atoms with Crippen molar-refractivity contribution in [2.75, 3.05) is 26.7 Å². The molecule has 0 atom stereocenters. The number of hydrogen-bond acceptors (Lipinski definition) is 8. The molecule has 2 aliphatic heterocycles. The number of nitrogens with one attached hydrogen (secondary N) is 8. The van der Waals surface area contributed by atoms with Crippen molar-refractivity contribution in [3.8, 4) is 0 Å². The van der Waals surface area contributed by atoms with Gasteiger partial charge in [0.2, 0.25) is 0 Å². The average Bonchev–Trinajstić information content (AvgIpc) is 2.86. The SMILES string of the molecule is CC1=C(C)N[N-]C[N-]NC(C)=C(C)N[N-]C[N-]N1.CC1=C(C)N[N-]C[N-]NC(C)=C(C)N[N-]C[N-]N1.[Ni].[Ni]. The molecule has 0 aromatic rings. The minimum atomic E-state index is 0. The van der Waals surface area contributed by atoms with E-state index in [9.17, 15) is 0 Å². The molecule has 8 N–H and O–H groups in total. The van der Waals surface area contributed by atoms with Crippen molar-refractivity contribution in [1.29, 1.82) is 0 Å². The Morgan fingerprint density at radius 2 is 0.395 bits per heavy atom. The van der Waals surface area contributed by atoms with Crippen LogP contribution < -0.4 is 43.4 Å². The van der Waals surface area contributed by atoms with Gasteiger partial charge < -0.3 is 86.8 Å². The van der Waals surface area contributed by atoms with Crippen LogP contribution in [0.15, 0.2) is 45.6 Å². The molecule has 0 saturated heterocycles. The summed E-state index contributed by atoms with van der Waals surface area (Å²) < 4.78 is 0. The first kappa shape index (κ1) is 38.2. The molecule has 0 fully saturated rings. The summed E-state index contributed by atoms with van der Waals surface area (Å²) in [6.07, 6.45) is 0. The zero-order chi connectivity index (χ0) is 26.8. The van der Waals surface area contributed by atoms with Crippen molar-refractivity contribution >= 4 is 0 Å². The molecule has 0 aromatic heterocycles. The third kappa shape index (κ3) is 17.5. The van der Waals surface area contributed by atoms with Gasteiger partial charge in [0, 0.05) is 78.6 Å². The molecule has 18 heteroatoms. The van der Waals surface area contributed by atoms with E-state index >= 15 is 0 Å². The fraction of sp³-hybridized carbons (Fsp3) is 0.600. The van der Waals surface area contributed by atoms with Crippen LogP contribution in [0, 0.1) is 0 Å². The minimum Gasteiger partial charge on any atom is -0.589 e. The molecule has 0 unspecified atom stereocenters. The van der Waals surface area contributed by atoms with Crippen molar-refractivity contribution in [2.45, 2.75) is 55.4 Å². The molecule has 2 aliphatic rings. The molecule has 2 heterocycles. The smallest absolute Gasteiger partial charge is 0.00812 e. The number of nitrogens with zero attached hydrogens (tertiary/aromatic N) is 8. The van der Waals surface area contributed by atoms with Crippen LogP contribution in [-0.2, 0) is 33.0 Å². The van der Waals surface area contributed by atoms with Gasteiger partial charge in [-0.2, -0.15) is 0 Å². The van der Waals surface area contributed by atoms with Crippen LogP contribution >= 0.6 is 0 Å². The van der Waals surface area contributed by atoms with Crippen LogP contribution in [0.3, 0.4) is 0 Å². The average molecular weight is 622 g/mol. The van der Waals surface area contributed by atoms with Gasteiger partial charge in [-0.1, -0.05) is 0 Å². The van der Waals surface area contributed by atoms with Gasteiger partial charge in [-0.05, 0) is 55.4 Å². The van der Waals surface area contributed by atoms with Gasteiger partial charge >= 0.3 is 0 Å². The molecule has 2 rings (SSSR count). The molecule has 0 bridgehead atoms. The second-order valence-corrected chi connectivity index (χ2v) is 7.73. The summed E-state index contributed by atoms with van der Waals surface area (Å²) in [4.78, 5) is 0. The van der Waals surface area contributed by atoms with E-state index in [1.165, 1.54) is 0 Å². The maximum atomic E-state index is 4.06. The Morgan fingerprint density at radius 3 is 0.500 bits per heavy atom. The quantitative estimate of drug-likeness (QED) is 0.186. The Bertz CT molecular complexity index is 599. The maximum absolute atomic E-state index is 4.06. The monoisotopic (exact) mass is 620 g/mol. The summed E-state index contributed by atoms with van der Waals surface area (Å²) in [7, 11) is 0. The predicted octanol–water partition coefficient (Wildman–Crippen LogP) is 3.86. The van der Waals surface area contributed by atoms with Crippen LogP contribution in [0.25, 0.3) is 43.4 Å². The van der Waals surface area contributed by atoms with Crippen molar-refractivity contribution in [2.24, 2.45) is 0 Å². The molecule has 228 valence electrons. The van der Waals surface area contributed by atoms with Gasteiger partial charge in [-0.15, -0.1) is 0 Å². The normalized spacial score (nSPS) is 19.2. The van der Waals surface area contributed by atoms with E-state index in [1.54, 1.807) is 0 Å². The van der Waals surface area contributed by atoms with E-state index in [0.717, 1.165) is 45.6 Å². The molecule has 0 saturated carbocycles. The molecule has 16 nitrogen and oxygen atoms in total. The number of rotatable bonds is 0. The first-order valence-electron chi connectivity index (χ1n) is 11.3. The van der Waals surface area contributed by atoms with Crippen LogP contribution in [0.2, 0.25) is 0 Å². The van der Waals surface area contributed by atoms with Crippen molar-refractivity contribution in [1.82, 2.24) is 43.4 Å². The number of allylic oxidation sites excluding steroid dienone is 8. The van der Waals surface area contributed by atoms with Crippen LogP contribution in [0.1, 0.15) is 55.4 Å². The molecule has 0 amide bonds. The van der Waals surface area contributed by atoms with Gasteiger partial charge in [0.15, 0.2) is 0 Å². The largest absolute Gasteiger partial charge is 0.589 e. The van der Waals surface area contributed by atoms with Gasteiger partial charge in [-0.25, -0.2) is 26.7 Å². The predicted molar refractivity (Wildman–Crippen MR) is 145 cm³/mol. The first-order valence-corrected chi connectivity index (χ1v) is 11.3. The summed E-state index contributed by atoms with van der Waals surface area (Å²) in [6.45, 7) is 16.5. The zero-order valence-electron chi connectivity index (χ0n) is 23.0. The van der Waals surface area contributed by atoms with E-state index < -0.39 is 0 Å². The molecule has 0 spiro atoms. The van der Waals surface area contributed by atoms with Gasteiger partial charge in [0.05, 0.1) is 0 Å². The zero-order valence-corrected chi connectivity index (χ0v) is 25.0. The summed E-state index contributed by atoms with van der Waals surface area (Å²) in [5, 5.41) is 0. The van der Waals surface area contributed by atoms with E-state index in [4.69, 9.17) is 0 Å². The van der Waals surface area contributed by atoms with E-state index in [-0.39, 0.29) is 33.0 Å². The van der Waals surface area contributed by atoms with E-state index in [0.29, 0.717) is 26.7 Å². The van der Waals surface area contributed by atoms with Gasteiger partial charge in [0.25, 0.3) is 0 Å². The Hall–Kier alpha value is -1.97. The molecule has 38 heavy (non-hydrogen) atoms. The van der Waals surface area contributed by atoms with Crippen molar-refractivity contribution in [3.05, 3.63) is 89.0 Å². The standard InChI is InChI=1S/2C10H20N8.2Ni/c2*1-7-8(2)16-12-6-14-18-10(4)9(3)17-13-5-11-15-7;;/h2*15-18H,5-6H2,1-4H3;;/q2*-4;;. The molecular weight excluding hydrogens is 582 g/mol. The van der Waals surface area contributed by atoms with Gasteiger partial charge in [0.1, 0.15) is 0 Å². The van der Waals surface area contributed by atoms with Crippen molar-refractivity contribution < 1.29 is 33.0 Å². The summed E-state index contributed by atoms with van der Waals surface area (Å²) in [5.74, 6) is 0. The number of hydrogen-bond donors (Lipinski definition) is 8. The maximum Gasteiger partial charge on any atom is 0.00812 e. The minimum absolute atomic E-state index is 0. The first-order chi connectivity index (χ1) is 17.2.